The summed E-state index contributed by atoms with van der Waals surface area (Å²) in [6.45, 7) is 0. The van der Waals surface area contributed by atoms with Gasteiger partial charge in [-0.3, -0.25) is 4.99 Å². The van der Waals surface area contributed by atoms with Crippen molar-refractivity contribution in [1.82, 2.24) is 0 Å². The average Bonchev–Trinajstić information content (AvgIpc) is 2.16. The standard InChI is InChI=1S/C8H7NO4/c1-13-7-5(4-10)2-3-9-6(7)8(11)12/h2-3,7H,1H3,(H,11,12). The van der Waals surface area contributed by atoms with Crippen LogP contribution in [0, 0.1) is 0 Å². The first-order chi connectivity index (χ1) is 6.20. The molecule has 1 atom stereocenters. The van der Waals surface area contributed by atoms with Crippen LogP contribution in [-0.2, 0) is 14.3 Å². The molecule has 5 nitrogen and oxygen atoms in total. The van der Waals surface area contributed by atoms with E-state index in [0.29, 0.717) is 0 Å². The number of carbonyl (C=O) groups is 1. The van der Waals surface area contributed by atoms with E-state index in [1.807, 2.05) is 0 Å². The molecule has 1 unspecified atom stereocenters. The zero-order valence-corrected chi connectivity index (χ0v) is 6.85. The molecule has 1 aliphatic heterocycles. The molecule has 1 N–H and O–H groups in total. The van der Waals surface area contributed by atoms with Gasteiger partial charge in [0.05, 0.1) is 5.57 Å². The van der Waals surface area contributed by atoms with Crippen LogP contribution in [0.25, 0.3) is 0 Å². The number of ether oxygens (including phenoxy) is 1. The number of carboxylic acid groups (broad SMARTS) is 1. The fourth-order valence-corrected chi connectivity index (χ4v) is 0.994. The van der Waals surface area contributed by atoms with Crippen molar-refractivity contribution < 1.29 is 19.4 Å². The molecular weight excluding hydrogens is 174 g/mol. The van der Waals surface area contributed by atoms with Gasteiger partial charge in [-0.15, -0.1) is 0 Å². The normalized spacial score (nSPS) is 20.8. The lowest BCUT2D eigenvalue weighted by atomic mass is 10.0. The number of aliphatic carboxylic acids is 1. The van der Waals surface area contributed by atoms with Crippen LogP contribution in [0.3, 0.4) is 0 Å². The molecule has 13 heavy (non-hydrogen) atoms. The third kappa shape index (κ3) is 1.72. The molecule has 0 aromatic heterocycles. The van der Waals surface area contributed by atoms with Gasteiger partial charge in [0.15, 0.2) is 5.71 Å². The number of rotatable bonds is 2. The highest BCUT2D eigenvalue weighted by Gasteiger charge is 2.27. The van der Waals surface area contributed by atoms with Gasteiger partial charge in [-0.2, -0.15) is 0 Å². The minimum atomic E-state index is -1.20. The van der Waals surface area contributed by atoms with Crippen molar-refractivity contribution in [1.29, 1.82) is 0 Å². The highest BCUT2D eigenvalue weighted by Crippen LogP contribution is 2.12. The second-order valence-electron chi connectivity index (χ2n) is 2.31. The summed E-state index contributed by atoms with van der Waals surface area (Å²) in [5.41, 5.74) is -0.0711. The smallest absolute Gasteiger partial charge is 0.353 e. The van der Waals surface area contributed by atoms with Gasteiger partial charge in [-0.1, -0.05) is 0 Å². The van der Waals surface area contributed by atoms with Crippen LogP contribution in [-0.4, -0.2) is 35.9 Å². The number of methoxy groups -OCH3 is 1. The third-order valence-electron chi connectivity index (χ3n) is 1.57. The van der Waals surface area contributed by atoms with Crippen molar-refractivity contribution in [3.05, 3.63) is 17.8 Å². The lowest BCUT2D eigenvalue weighted by molar-refractivity contribution is -0.129. The fraction of sp³-hybridized carbons (Fsp3) is 0.250. The van der Waals surface area contributed by atoms with Gasteiger partial charge in [-0.25, -0.2) is 9.59 Å². The predicted octanol–water partition coefficient (Wildman–Crippen LogP) is -0.188. The molecule has 0 amide bonds. The van der Waals surface area contributed by atoms with E-state index < -0.39 is 12.1 Å². The topological polar surface area (TPSA) is 76.0 Å². The van der Waals surface area contributed by atoms with Crippen molar-refractivity contribution in [2.45, 2.75) is 6.10 Å². The van der Waals surface area contributed by atoms with Crippen molar-refractivity contribution in [2.75, 3.05) is 7.11 Å². The predicted molar refractivity (Wildman–Crippen MR) is 44.2 cm³/mol. The largest absolute Gasteiger partial charge is 0.477 e. The number of carbonyl (C=O) groups excluding carboxylic acids is 1. The average molecular weight is 181 g/mol. The van der Waals surface area contributed by atoms with Gasteiger partial charge < -0.3 is 9.84 Å². The van der Waals surface area contributed by atoms with Crippen molar-refractivity contribution in [3.63, 3.8) is 0 Å². The number of hydrogen-bond donors (Lipinski definition) is 1. The maximum Gasteiger partial charge on any atom is 0.353 e. The highest BCUT2D eigenvalue weighted by atomic mass is 16.5. The van der Waals surface area contributed by atoms with E-state index in [0.717, 1.165) is 0 Å². The van der Waals surface area contributed by atoms with Crippen LogP contribution < -0.4 is 0 Å². The molecule has 0 saturated heterocycles. The molecule has 0 saturated carbocycles. The zero-order valence-electron chi connectivity index (χ0n) is 6.85. The molecule has 0 aromatic rings. The number of nitrogens with zero attached hydrogens (tertiary/aromatic N) is 1. The highest BCUT2D eigenvalue weighted by molar-refractivity contribution is 6.39. The zero-order chi connectivity index (χ0) is 9.84. The van der Waals surface area contributed by atoms with E-state index in [1.165, 1.54) is 19.4 Å². The molecular formula is C8H7NO4. The molecule has 0 radical (unpaired) electrons. The van der Waals surface area contributed by atoms with Gasteiger partial charge in [-0.05, 0) is 6.08 Å². The Hall–Kier alpha value is -1.71. The quantitative estimate of drug-likeness (QED) is 0.599. The van der Waals surface area contributed by atoms with Crippen molar-refractivity contribution >= 4 is 17.6 Å². The molecule has 1 rings (SSSR count). The number of aliphatic imine (C=N–C) groups is 1. The molecule has 1 aliphatic rings. The first-order valence-corrected chi connectivity index (χ1v) is 3.46. The minimum Gasteiger partial charge on any atom is -0.477 e. The lowest BCUT2D eigenvalue weighted by Gasteiger charge is -2.15. The molecule has 1 heterocycles. The van der Waals surface area contributed by atoms with E-state index in [1.54, 1.807) is 5.94 Å². The van der Waals surface area contributed by atoms with Gasteiger partial charge in [0, 0.05) is 13.3 Å². The monoisotopic (exact) mass is 181 g/mol. The second-order valence-corrected chi connectivity index (χ2v) is 2.31. The van der Waals surface area contributed by atoms with Gasteiger partial charge >= 0.3 is 5.97 Å². The first-order valence-electron chi connectivity index (χ1n) is 3.46. The van der Waals surface area contributed by atoms with Crippen LogP contribution in [0.15, 0.2) is 22.8 Å². The molecule has 0 bridgehead atoms. The molecule has 5 heteroatoms. The summed E-state index contributed by atoms with van der Waals surface area (Å²) < 4.78 is 4.81. The SMILES string of the molecule is COC1C(=C=O)C=CN=C1C(=O)O. The summed E-state index contributed by atoms with van der Waals surface area (Å²) in [5.74, 6) is 0.396. The summed E-state index contributed by atoms with van der Waals surface area (Å²) in [6, 6.07) is 0. The van der Waals surface area contributed by atoms with Crippen LogP contribution in [0.5, 0.6) is 0 Å². The van der Waals surface area contributed by atoms with Crippen molar-refractivity contribution in [2.24, 2.45) is 4.99 Å². The Balaban J connectivity index is 3.09. The van der Waals surface area contributed by atoms with E-state index in [-0.39, 0.29) is 11.3 Å². The third-order valence-corrected chi connectivity index (χ3v) is 1.57. The second kappa shape index (κ2) is 3.80. The van der Waals surface area contributed by atoms with Crippen LogP contribution >= 0.6 is 0 Å². The minimum absolute atomic E-state index is 0.134. The lowest BCUT2D eigenvalue weighted by Crippen LogP contribution is -2.33. The Kier molecular flexibility index (Phi) is 2.74. The Morgan fingerprint density at radius 2 is 2.46 bits per heavy atom. The summed E-state index contributed by atoms with van der Waals surface area (Å²) >= 11 is 0. The maximum absolute atomic E-state index is 10.6. The van der Waals surface area contributed by atoms with Gasteiger partial charge in [0.1, 0.15) is 12.0 Å². The molecule has 0 fully saturated rings. The molecule has 0 spiro atoms. The fourth-order valence-electron chi connectivity index (χ4n) is 0.994. The Morgan fingerprint density at radius 3 is 2.92 bits per heavy atom. The molecule has 68 valence electrons. The van der Waals surface area contributed by atoms with E-state index in [9.17, 15) is 9.59 Å². The summed E-state index contributed by atoms with van der Waals surface area (Å²) in [5, 5.41) is 8.67. The van der Waals surface area contributed by atoms with Crippen LogP contribution in [0.2, 0.25) is 0 Å². The summed E-state index contributed by atoms with van der Waals surface area (Å²) in [6.07, 6.45) is 1.69. The molecule has 0 aliphatic carbocycles. The first kappa shape index (κ1) is 9.38. The Labute approximate surface area is 74.0 Å². The van der Waals surface area contributed by atoms with Gasteiger partial charge in [0.2, 0.25) is 0 Å². The van der Waals surface area contributed by atoms with Gasteiger partial charge in [0.25, 0.3) is 0 Å². The number of hydrogen-bond acceptors (Lipinski definition) is 4. The Bertz CT molecular complexity index is 336. The van der Waals surface area contributed by atoms with E-state index >= 15 is 0 Å². The van der Waals surface area contributed by atoms with Crippen molar-refractivity contribution in [3.8, 4) is 0 Å². The summed E-state index contributed by atoms with van der Waals surface area (Å²) in [7, 11) is 1.31. The Morgan fingerprint density at radius 1 is 1.77 bits per heavy atom. The van der Waals surface area contributed by atoms with E-state index in [2.05, 4.69) is 4.99 Å². The van der Waals surface area contributed by atoms with Crippen LogP contribution in [0.4, 0.5) is 0 Å². The number of carboxylic acids is 1. The van der Waals surface area contributed by atoms with Crippen LogP contribution in [0.1, 0.15) is 0 Å². The maximum atomic E-state index is 10.6. The van der Waals surface area contributed by atoms with E-state index in [4.69, 9.17) is 9.84 Å². The summed E-state index contributed by atoms with van der Waals surface area (Å²) in [4.78, 5) is 24.5. The molecule has 0 aromatic carbocycles.